The van der Waals surface area contributed by atoms with Gasteiger partial charge in [0.05, 0.1) is 6.54 Å². The van der Waals surface area contributed by atoms with Crippen molar-refractivity contribution in [3.63, 3.8) is 0 Å². The lowest BCUT2D eigenvalue weighted by molar-refractivity contribution is -0.120. The first-order valence-electron chi connectivity index (χ1n) is 5.45. The summed E-state index contributed by atoms with van der Waals surface area (Å²) in [4.78, 5) is 11.1. The van der Waals surface area contributed by atoms with E-state index in [0.29, 0.717) is 11.8 Å². The Bertz CT molecular complexity index is 157. The lowest BCUT2D eigenvalue weighted by Crippen LogP contribution is -2.40. The van der Waals surface area contributed by atoms with E-state index in [0.717, 1.165) is 12.8 Å². The molecule has 0 aliphatic rings. The van der Waals surface area contributed by atoms with E-state index >= 15 is 0 Å². The fourth-order valence-electron chi connectivity index (χ4n) is 1.64. The minimum atomic E-state index is -0.0451. The fourth-order valence-corrected chi connectivity index (χ4v) is 1.64. The van der Waals surface area contributed by atoms with E-state index in [1.807, 2.05) is 0 Å². The van der Waals surface area contributed by atoms with E-state index in [9.17, 15) is 4.79 Å². The highest BCUT2D eigenvalue weighted by Gasteiger charge is 2.14. The molecule has 3 heteroatoms. The molecule has 0 aliphatic heterocycles. The molecular weight excluding hydrogens is 176 g/mol. The van der Waals surface area contributed by atoms with Crippen molar-refractivity contribution in [1.82, 2.24) is 5.32 Å². The van der Waals surface area contributed by atoms with Gasteiger partial charge in [0.15, 0.2) is 0 Å². The van der Waals surface area contributed by atoms with E-state index in [4.69, 9.17) is 5.73 Å². The summed E-state index contributed by atoms with van der Waals surface area (Å²) in [5.74, 6) is 1.17. The predicted octanol–water partition coefficient (Wildman–Crippen LogP) is 1.52. The van der Waals surface area contributed by atoms with Gasteiger partial charge >= 0.3 is 0 Å². The minimum absolute atomic E-state index is 0.0451. The minimum Gasteiger partial charge on any atom is -0.352 e. The Morgan fingerprint density at radius 2 is 1.57 bits per heavy atom. The van der Waals surface area contributed by atoms with Crippen molar-refractivity contribution in [3.05, 3.63) is 0 Å². The quantitative estimate of drug-likeness (QED) is 0.683. The second kappa shape index (κ2) is 6.82. The molecule has 0 saturated carbocycles. The number of hydrogen-bond donors (Lipinski definition) is 2. The summed E-state index contributed by atoms with van der Waals surface area (Å²) >= 11 is 0. The van der Waals surface area contributed by atoms with Crippen molar-refractivity contribution in [1.29, 1.82) is 0 Å². The third-order valence-corrected chi connectivity index (χ3v) is 2.06. The molecule has 1 amide bonds. The summed E-state index contributed by atoms with van der Waals surface area (Å²) < 4.78 is 0. The lowest BCUT2D eigenvalue weighted by atomic mass is 9.95. The molecule has 0 rings (SSSR count). The Morgan fingerprint density at radius 3 is 1.86 bits per heavy atom. The topological polar surface area (TPSA) is 55.1 Å². The van der Waals surface area contributed by atoms with Crippen LogP contribution >= 0.6 is 0 Å². The zero-order valence-electron chi connectivity index (χ0n) is 9.84. The maximum Gasteiger partial charge on any atom is 0.233 e. The van der Waals surface area contributed by atoms with Crippen molar-refractivity contribution in [2.75, 3.05) is 6.54 Å². The van der Waals surface area contributed by atoms with Gasteiger partial charge in [0, 0.05) is 6.04 Å². The van der Waals surface area contributed by atoms with Gasteiger partial charge in [-0.2, -0.15) is 0 Å². The van der Waals surface area contributed by atoms with E-state index in [1.165, 1.54) is 0 Å². The summed E-state index contributed by atoms with van der Waals surface area (Å²) in [6, 6.07) is 0.283. The molecule has 0 radical (unpaired) electrons. The van der Waals surface area contributed by atoms with Gasteiger partial charge < -0.3 is 11.1 Å². The van der Waals surface area contributed by atoms with Crippen LogP contribution in [0.2, 0.25) is 0 Å². The Labute approximate surface area is 87.4 Å². The number of amides is 1. The van der Waals surface area contributed by atoms with Crippen LogP contribution in [0.3, 0.4) is 0 Å². The molecule has 0 fully saturated rings. The third-order valence-electron chi connectivity index (χ3n) is 2.06. The van der Waals surface area contributed by atoms with E-state index in [2.05, 4.69) is 33.0 Å². The maximum absolute atomic E-state index is 11.1. The maximum atomic E-state index is 11.1. The normalized spacial score (nSPS) is 11.4. The number of carbonyl (C=O) groups excluding carboxylic acids is 1. The molecule has 3 N–H and O–H groups in total. The molecule has 0 atom stereocenters. The molecule has 0 unspecified atom stereocenters. The van der Waals surface area contributed by atoms with Gasteiger partial charge in [0.1, 0.15) is 0 Å². The van der Waals surface area contributed by atoms with E-state index < -0.39 is 0 Å². The van der Waals surface area contributed by atoms with Gasteiger partial charge in [-0.1, -0.05) is 27.7 Å². The second-order valence-electron chi connectivity index (χ2n) is 4.73. The van der Waals surface area contributed by atoms with E-state index in [-0.39, 0.29) is 18.5 Å². The van der Waals surface area contributed by atoms with Crippen LogP contribution < -0.4 is 11.1 Å². The largest absolute Gasteiger partial charge is 0.352 e. The first kappa shape index (κ1) is 13.4. The van der Waals surface area contributed by atoms with Crippen molar-refractivity contribution in [2.24, 2.45) is 17.6 Å². The summed E-state index contributed by atoms with van der Waals surface area (Å²) in [7, 11) is 0. The molecule has 0 spiro atoms. The molecule has 0 aromatic rings. The van der Waals surface area contributed by atoms with Crippen molar-refractivity contribution in [3.8, 4) is 0 Å². The Balaban J connectivity index is 4.03. The van der Waals surface area contributed by atoms with Crippen molar-refractivity contribution < 1.29 is 4.79 Å². The molecule has 0 aromatic heterocycles. The van der Waals surface area contributed by atoms with Crippen LogP contribution in [-0.4, -0.2) is 18.5 Å². The second-order valence-corrected chi connectivity index (χ2v) is 4.73. The summed E-state index contributed by atoms with van der Waals surface area (Å²) in [5.41, 5.74) is 5.27. The highest BCUT2D eigenvalue weighted by molar-refractivity contribution is 5.78. The summed E-state index contributed by atoms with van der Waals surface area (Å²) in [5, 5.41) is 2.97. The zero-order chi connectivity index (χ0) is 11.1. The fraction of sp³-hybridized carbons (Fsp3) is 0.909. The predicted molar refractivity (Wildman–Crippen MR) is 59.9 cm³/mol. The first-order valence-corrected chi connectivity index (χ1v) is 5.45. The van der Waals surface area contributed by atoms with Gasteiger partial charge in [-0.05, 0) is 24.7 Å². The van der Waals surface area contributed by atoms with Crippen LogP contribution in [0.25, 0.3) is 0 Å². The van der Waals surface area contributed by atoms with Crippen LogP contribution in [0.1, 0.15) is 40.5 Å². The SMILES string of the molecule is CC(C)CC(CC(C)C)NC(=O)CN. The number of nitrogens with one attached hydrogen (secondary N) is 1. The standard InChI is InChI=1S/C11H24N2O/c1-8(2)5-10(6-9(3)4)13-11(14)7-12/h8-10H,5-7,12H2,1-4H3,(H,13,14). The molecule has 0 heterocycles. The van der Waals surface area contributed by atoms with Crippen LogP contribution in [0.4, 0.5) is 0 Å². The van der Waals surface area contributed by atoms with Gasteiger partial charge in [-0.25, -0.2) is 0 Å². The van der Waals surface area contributed by atoms with E-state index in [1.54, 1.807) is 0 Å². The van der Waals surface area contributed by atoms with Crippen LogP contribution in [0, 0.1) is 11.8 Å². The first-order chi connectivity index (χ1) is 6.45. The number of rotatable bonds is 6. The van der Waals surface area contributed by atoms with Gasteiger partial charge in [-0.15, -0.1) is 0 Å². The molecule has 84 valence electrons. The lowest BCUT2D eigenvalue weighted by Gasteiger charge is -2.22. The Hall–Kier alpha value is -0.570. The molecule has 0 aliphatic carbocycles. The average Bonchev–Trinajstić information content (AvgIpc) is 2.01. The molecule has 3 nitrogen and oxygen atoms in total. The summed E-state index contributed by atoms with van der Waals surface area (Å²) in [6.07, 6.45) is 2.06. The molecule has 0 saturated heterocycles. The van der Waals surface area contributed by atoms with Crippen LogP contribution in [0.15, 0.2) is 0 Å². The van der Waals surface area contributed by atoms with Crippen molar-refractivity contribution >= 4 is 5.91 Å². The average molecular weight is 200 g/mol. The monoisotopic (exact) mass is 200 g/mol. The Kier molecular flexibility index (Phi) is 6.54. The Morgan fingerprint density at radius 1 is 1.14 bits per heavy atom. The smallest absolute Gasteiger partial charge is 0.233 e. The molecule has 14 heavy (non-hydrogen) atoms. The van der Waals surface area contributed by atoms with Crippen LogP contribution in [0.5, 0.6) is 0 Å². The highest BCUT2D eigenvalue weighted by atomic mass is 16.1. The number of hydrogen-bond acceptors (Lipinski definition) is 2. The molecular formula is C11H24N2O. The van der Waals surface area contributed by atoms with Crippen LogP contribution in [-0.2, 0) is 4.79 Å². The van der Waals surface area contributed by atoms with Gasteiger partial charge in [-0.3, -0.25) is 4.79 Å². The zero-order valence-corrected chi connectivity index (χ0v) is 9.84. The van der Waals surface area contributed by atoms with Crippen molar-refractivity contribution in [2.45, 2.75) is 46.6 Å². The van der Waals surface area contributed by atoms with Gasteiger partial charge in [0.2, 0.25) is 5.91 Å². The number of carbonyl (C=O) groups is 1. The number of nitrogens with two attached hydrogens (primary N) is 1. The molecule has 0 aromatic carbocycles. The molecule has 0 bridgehead atoms. The summed E-state index contributed by atoms with van der Waals surface area (Å²) in [6.45, 7) is 8.76. The van der Waals surface area contributed by atoms with Gasteiger partial charge in [0.25, 0.3) is 0 Å². The highest BCUT2D eigenvalue weighted by Crippen LogP contribution is 2.12. The third kappa shape index (κ3) is 6.89.